The number of hydrogen-bond donors (Lipinski definition) is 1. The van der Waals surface area contributed by atoms with Crippen LogP contribution in [-0.2, 0) is 4.79 Å². The minimum atomic E-state index is -0.210. The number of aromatic nitrogens is 2. The molecular formula is C24H27N3OS. The van der Waals surface area contributed by atoms with Gasteiger partial charge in [0.15, 0.2) is 0 Å². The number of nitrogens with one attached hydrogen (secondary N) is 1. The molecule has 1 aliphatic rings. The highest BCUT2D eigenvalue weighted by Crippen LogP contribution is 2.33. The summed E-state index contributed by atoms with van der Waals surface area (Å²) in [5.74, 6) is 0.0971. The molecule has 0 bridgehead atoms. The molecule has 1 aromatic heterocycles. The predicted octanol–water partition coefficient (Wildman–Crippen LogP) is 5.62. The van der Waals surface area contributed by atoms with Crippen molar-refractivity contribution in [3.05, 3.63) is 54.6 Å². The average molecular weight is 406 g/mol. The first kappa shape index (κ1) is 19.9. The van der Waals surface area contributed by atoms with E-state index in [1.807, 2.05) is 49.4 Å². The molecule has 0 aliphatic heterocycles. The van der Waals surface area contributed by atoms with Crippen molar-refractivity contribution in [1.82, 2.24) is 15.5 Å². The van der Waals surface area contributed by atoms with Crippen LogP contribution in [0.15, 0.2) is 59.6 Å². The zero-order chi connectivity index (χ0) is 20.1. The van der Waals surface area contributed by atoms with Crippen molar-refractivity contribution in [3.8, 4) is 11.3 Å². The maximum absolute atomic E-state index is 12.8. The first-order valence-electron chi connectivity index (χ1n) is 10.5. The predicted molar refractivity (Wildman–Crippen MR) is 120 cm³/mol. The molecule has 5 heteroatoms. The van der Waals surface area contributed by atoms with Crippen LogP contribution in [0.5, 0.6) is 0 Å². The molecule has 3 aromatic rings. The number of nitrogens with zero attached hydrogens (tertiary/aromatic N) is 2. The third-order valence-electron chi connectivity index (χ3n) is 5.56. The Kier molecular flexibility index (Phi) is 6.45. The maximum atomic E-state index is 12.8. The van der Waals surface area contributed by atoms with E-state index in [1.54, 1.807) is 0 Å². The topological polar surface area (TPSA) is 54.9 Å². The zero-order valence-corrected chi connectivity index (χ0v) is 17.6. The number of carbonyl (C=O) groups is 1. The van der Waals surface area contributed by atoms with E-state index >= 15 is 0 Å². The first-order valence-corrected chi connectivity index (χ1v) is 11.4. The van der Waals surface area contributed by atoms with Gasteiger partial charge >= 0.3 is 0 Å². The Bertz CT molecular complexity index is 968. The van der Waals surface area contributed by atoms with E-state index in [9.17, 15) is 4.79 Å². The van der Waals surface area contributed by atoms with Gasteiger partial charge in [-0.3, -0.25) is 4.79 Å². The summed E-state index contributed by atoms with van der Waals surface area (Å²) >= 11 is 1.49. The average Bonchev–Trinajstić information content (AvgIpc) is 3.03. The quantitative estimate of drug-likeness (QED) is 0.442. The van der Waals surface area contributed by atoms with Crippen molar-refractivity contribution in [2.24, 2.45) is 0 Å². The lowest BCUT2D eigenvalue weighted by molar-refractivity contribution is -0.121. The fourth-order valence-corrected chi connectivity index (χ4v) is 4.84. The first-order chi connectivity index (χ1) is 14.2. The van der Waals surface area contributed by atoms with Crippen molar-refractivity contribution in [2.45, 2.75) is 61.8 Å². The standard InChI is InChI=1S/C24H27N3OS/c1-17(23(28)25-19-13-7-2-3-8-14-19)29-24-21-16-10-9-15-20(21)22(26-27-24)18-11-5-4-6-12-18/h4-6,9-12,15-17,19H,2-3,7-8,13-14H2,1H3,(H,25,28)/t17-/m1/s1. The molecule has 4 nitrogen and oxygen atoms in total. The molecule has 1 heterocycles. The van der Waals surface area contributed by atoms with Crippen LogP contribution < -0.4 is 5.32 Å². The molecular weight excluding hydrogens is 378 g/mol. The van der Waals surface area contributed by atoms with Gasteiger partial charge in [-0.25, -0.2) is 0 Å². The van der Waals surface area contributed by atoms with Crippen molar-refractivity contribution in [1.29, 1.82) is 0 Å². The highest BCUT2D eigenvalue weighted by Gasteiger charge is 2.21. The Balaban J connectivity index is 1.54. The summed E-state index contributed by atoms with van der Waals surface area (Å²) in [4.78, 5) is 12.8. The largest absolute Gasteiger partial charge is 0.352 e. The van der Waals surface area contributed by atoms with E-state index in [4.69, 9.17) is 0 Å². The molecule has 0 saturated heterocycles. The van der Waals surface area contributed by atoms with Gasteiger partial charge in [0, 0.05) is 22.4 Å². The Morgan fingerprint density at radius 3 is 2.31 bits per heavy atom. The lowest BCUT2D eigenvalue weighted by Gasteiger charge is -2.19. The molecule has 150 valence electrons. The number of fused-ring (bicyclic) bond motifs is 1. The molecule has 1 amide bonds. The second-order valence-electron chi connectivity index (χ2n) is 7.72. The minimum absolute atomic E-state index is 0.0971. The highest BCUT2D eigenvalue weighted by atomic mass is 32.2. The van der Waals surface area contributed by atoms with Crippen LogP contribution in [0.2, 0.25) is 0 Å². The van der Waals surface area contributed by atoms with E-state index < -0.39 is 0 Å². The Labute approximate surface area is 176 Å². The van der Waals surface area contributed by atoms with Gasteiger partial charge in [-0.2, -0.15) is 0 Å². The minimum Gasteiger partial charge on any atom is -0.352 e. The SMILES string of the molecule is C[C@@H](Sc1nnc(-c2ccccc2)c2ccccc12)C(=O)NC1CCCCCC1. The zero-order valence-electron chi connectivity index (χ0n) is 16.8. The Morgan fingerprint density at radius 1 is 0.931 bits per heavy atom. The van der Waals surface area contributed by atoms with Crippen molar-refractivity contribution in [3.63, 3.8) is 0 Å². The molecule has 1 N–H and O–H groups in total. The van der Waals surface area contributed by atoms with Gasteiger partial charge in [-0.05, 0) is 19.8 Å². The van der Waals surface area contributed by atoms with Crippen LogP contribution >= 0.6 is 11.8 Å². The molecule has 2 aromatic carbocycles. The lowest BCUT2D eigenvalue weighted by atomic mass is 10.1. The number of benzene rings is 2. The highest BCUT2D eigenvalue weighted by molar-refractivity contribution is 8.00. The molecule has 1 fully saturated rings. The molecule has 0 radical (unpaired) electrons. The van der Waals surface area contributed by atoms with Gasteiger partial charge in [-0.15, -0.1) is 10.2 Å². The Hall–Kier alpha value is -2.40. The van der Waals surface area contributed by atoms with Gasteiger partial charge in [0.1, 0.15) is 10.7 Å². The number of carbonyl (C=O) groups excluding carboxylic acids is 1. The second-order valence-corrected chi connectivity index (χ2v) is 9.05. The molecule has 1 saturated carbocycles. The molecule has 1 atom stereocenters. The lowest BCUT2D eigenvalue weighted by Crippen LogP contribution is -2.39. The monoisotopic (exact) mass is 405 g/mol. The summed E-state index contributed by atoms with van der Waals surface area (Å²) in [7, 11) is 0. The number of hydrogen-bond acceptors (Lipinski definition) is 4. The summed E-state index contributed by atoms with van der Waals surface area (Å²) in [6, 6.07) is 18.6. The van der Waals surface area contributed by atoms with Crippen LogP contribution in [0.1, 0.15) is 45.4 Å². The third-order valence-corrected chi connectivity index (χ3v) is 6.65. The van der Waals surface area contributed by atoms with Crippen molar-refractivity contribution < 1.29 is 4.79 Å². The Morgan fingerprint density at radius 2 is 1.59 bits per heavy atom. The van der Waals surface area contributed by atoms with Crippen LogP contribution in [0.3, 0.4) is 0 Å². The van der Waals surface area contributed by atoms with Crippen LogP contribution in [0.4, 0.5) is 0 Å². The molecule has 29 heavy (non-hydrogen) atoms. The summed E-state index contributed by atoms with van der Waals surface area (Å²) in [6.45, 7) is 1.96. The molecule has 4 rings (SSSR count). The number of rotatable bonds is 5. The van der Waals surface area contributed by atoms with Gasteiger partial charge in [0.25, 0.3) is 0 Å². The van der Waals surface area contributed by atoms with Crippen LogP contribution in [0, 0.1) is 0 Å². The van der Waals surface area contributed by atoms with Crippen molar-refractivity contribution in [2.75, 3.05) is 0 Å². The normalized spacial score (nSPS) is 16.3. The van der Waals surface area contributed by atoms with E-state index in [0.717, 1.165) is 39.9 Å². The fraction of sp³-hybridized carbons (Fsp3) is 0.375. The van der Waals surface area contributed by atoms with Crippen LogP contribution in [-0.4, -0.2) is 27.4 Å². The van der Waals surface area contributed by atoms with Crippen molar-refractivity contribution >= 4 is 28.4 Å². The van der Waals surface area contributed by atoms with Gasteiger partial charge < -0.3 is 5.32 Å². The summed E-state index contributed by atoms with van der Waals surface area (Å²) in [5, 5.41) is 15.0. The smallest absolute Gasteiger partial charge is 0.233 e. The third kappa shape index (κ3) is 4.78. The maximum Gasteiger partial charge on any atom is 0.233 e. The van der Waals surface area contributed by atoms with E-state index in [-0.39, 0.29) is 11.2 Å². The summed E-state index contributed by atoms with van der Waals surface area (Å²) in [5.41, 5.74) is 1.92. The molecule has 0 unspecified atom stereocenters. The summed E-state index contributed by atoms with van der Waals surface area (Å²) < 4.78 is 0. The fourth-order valence-electron chi connectivity index (χ4n) is 3.94. The van der Waals surface area contributed by atoms with Gasteiger partial charge in [0.2, 0.25) is 5.91 Å². The van der Waals surface area contributed by atoms with Crippen LogP contribution in [0.25, 0.3) is 22.0 Å². The van der Waals surface area contributed by atoms with Gasteiger partial charge in [0.05, 0.1) is 5.25 Å². The van der Waals surface area contributed by atoms with E-state index in [0.29, 0.717) is 6.04 Å². The van der Waals surface area contributed by atoms with Gasteiger partial charge in [-0.1, -0.05) is 92.0 Å². The second kappa shape index (κ2) is 9.40. The molecule has 1 aliphatic carbocycles. The summed E-state index contributed by atoms with van der Waals surface area (Å²) in [6.07, 6.45) is 7.18. The van der Waals surface area contributed by atoms with E-state index in [2.05, 4.69) is 27.6 Å². The number of thioether (sulfide) groups is 1. The molecule has 0 spiro atoms. The number of amides is 1. The van der Waals surface area contributed by atoms with E-state index in [1.165, 1.54) is 37.4 Å².